The molecule has 1 heterocycles. The summed E-state index contributed by atoms with van der Waals surface area (Å²) in [4.78, 5) is 25.0. The molecule has 0 aliphatic carbocycles. The molecule has 3 rings (SSSR count). The number of carbonyl (C=O) groups excluding carboxylic acids is 2. The van der Waals surface area contributed by atoms with Gasteiger partial charge in [0.15, 0.2) is 11.8 Å². The van der Waals surface area contributed by atoms with Gasteiger partial charge in [-0.15, -0.1) is 5.10 Å². The van der Waals surface area contributed by atoms with Crippen molar-refractivity contribution in [2.24, 2.45) is 0 Å². The fraction of sp³-hybridized carbons (Fsp3) is 0.304. The highest BCUT2D eigenvalue weighted by molar-refractivity contribution is 6.35. The largest absolute Gasteiger partial charge is 0.461 e. The van der Waals surface area contributed by atoms with Gasteiger partial charge in [-0.25, -0.2) is 4.79 Å². The summed E-state index contributed by atoms with van der Waals surface area (Å²) in [5.41, 5.74) is 2.36. The lowest BCUT2D eigenvalue weighted by Gasteiger charge is -2.21. The summed E-state index contributed by atoms with van der Waals surface area (Å²) in [6, 6.07) is 12.0. The molecule has 9 nitrogen and oxygen atoms in total. The van der Waals surface area contributed by atoms with E-state index in [0.717, 1.165) is 22.9 Å². The van der Waals surface area contributed by atoms with Gasteiger partial charge in [-0.05, 0) is 54.8 Å². The Bertz CT molecular complexity index is 1150. The molecular formula is C23H24Cl2N4O5. The van der Waals surface area contributed by atoms with E-state index in [2.05, 4.69) is 15.6 Å². The Hall–Kier alpha value is -3.14. The van der Waals surface area contributed by atoms with Crippen LogP contribution in [0.25, 0.3) is 11.1 Å². The normalized spacial score (nSPS) is 12.9. The number of ether oxygens (including phenoxy) is 1. The molecule has 180 valence electrons. The molecule has 1 aromatic heterocycles. The lowest BCUT2D eigenvalue weighted by molar-refractivity contribution is -0.158. The van der Waals surface area contributed by atoms with Gasteiger partial charge < -0.3 is 20.4 Å². The molecule has 2 unspecified atom stereocenters. The minimum absolute atomic E-state index is 0.0908. The number of carbonyl (C=O) groups is 2. The van der Waals surface area contributed by atoms with Crippen LogP contribution in [0.5, 0.6) is 0 Å². The van der Waals surface area contributed by atoms with Crippen LogP contribution in [0.4, 0.5) is 0 Å². The minimum atomic E-state index is -1.44. The van der Waals surface area contributed by atoms with Crippen LogP contribution >= 0.6 is 23.2 Å². The number of aliphatic hydroxyl groups is 1. The number of aromatic nitrogens is 3. The third-order valence-electron chi connectivity index (χ3n) is 4.86. The number of hydrogen-bond acceptors (Lipinski definition) is 7. The minimum Gasteiger partial charge on any atom is -0.461 e. The van der Waals surface area contributed by atoms with Crippen LogP contribution in [0.2, 0.25) is 10.0 Å². The number of aliphatic hydroxyl groups excluding tert-OH is 1. The van der Waals surface area contributed by atoms with Crippen molar-refractivity contribution in [1.82, 2.24) is 20.5 Å². The molecule has 0 bridgehead atoms. The van der Waals surface area contributed by atoms with E-state index in [0.29, 0.717) is 21.3 Å². The van der Waals surface area contributed by atoms with E-state index in [1.165, 1.54) is 0 Å². The van der Waals surface area contributed by atoms with E-state index < -0.39 is 24.0 Å². The SMILES string of the molecule is CC(C)OC(=O)C(O)CC(Cc1ccc(-c2cc(Cl)ccc2Cl)cc1)NC(=O)c1cn(O)nn1. The fourth-order valence-corrected chi connectivity index (χ4v) is 3.71. The van der Waals surface area contributed by atoms with E-state index in [9.17, 15) is 19.9 Å². The van der Waals surface area contributed by atoms with Crippen molar-refractivity contribution in [1.29, 1.82) is 0 Å². The van der Waals surface area contributed by atoms with E-state index in [1.54, 1.807) is 32.0 Å². The monoisotopic (exact) mass is 506 g/mol. The fourth-order valence-electron chi connectivity index (χ4n) is 3.31. The highest BCUT2D eigenvalue weighted by Crippen LogP contribution is 2.30. The highest BCUT2D eigenvalue weighted by atomic mass is 35.5. The Morgan fingerprint density at radius 2 is 1.85 bits per heavy atom. The van der Waals surface area contributed by atoms with Gasteiger partial charge in [0.05, 0.1) is 12.3 Å². The molecule has 11 heteroatoms. The summed E-state index contributed by atoms with van der Waals surface area (Å²) in [6.45, 7) is 3.35. The summed E-state index contributed by atoms with van der Waals surface area (Å²) in [6.07, 6.45) is -0.577. The van der Waals surface area contributed by atoms with Crippen LogP contribution in [0.1, 0.15) is 36.3 Å². The number of nitrogens with one attached hydrogen (secondary N) is 1. The number of nitrogens with zero attached hydrogens (tertiary/aromatic N) is 3. The number of hydrogen-bond donors (Lipinski definition) is 3. The molecule has 0 radical (unpaired) electrons. The first-order chi connectivity index (χ1) is 16.1. The van der Waals surface area contributed by atoms with Crippen molar-refractivity contribution in [3.63, 3.8) is 0 Å². The molecule has 1 amide bonds. The first-order valence-electron chi connectivity index (χ1n) is 10.5. The first-order valence-corrected chi connectivity index (χ1v) is 11.2. The average molecular weight is 507 g/mol. The molecular weight excluding hydrogens is 483 g/mol. The van der Waals surface area contributed by atoms with Crippen LogP contribution in [0.3, 0.4) is 0 Å². The maximum Gasteiger partial charge on any atom is 0.335 e. The Kier molecular flexibility index (Phi) is 8.49. The molecule has 0 saturated carbocycles. The van der Waals surface area contributed by atoms with Crippen molar-refractivity contribution in [3.05, 3.63) is 70.0 Å². The number of esters is 1. The van der Waals surface area contributed by atoms with Gasteiger partial charge in [0.1, 0.15) is 0 Å². The molecule has 0 saturated heterocycles. The van der Waals surface area contributed by atoms with Crippen LogP contribution in [-0.2, 0) is 16.0 Å². The van der Waals surface area contributed by atoms with Gasteiger partial charge in [-0.2, -0.15) is 0 Å². The maximum absolute atomic E-state index is 12.5. The topological polar surface area (TPSA) is 127 Å². The zero-order valence-corrected chi connectivity index (χ0v) is 20.0. The van der Waals surface area contributed by atoms with Gasteiger partial charge >= 0.3 is 5.97 Å². The van der Waals surface area contributed by atoms with Gasteiger partial charge in [0.25, 0.3) is 5.91 Å². The second-order valence-corrected chi connectivity index (χ2v) is 8.80. The molecule has 0 fully saturated rings. The number of benzene rings is 2. The Morgan fingerprint density at radius 3 is 2.47 bits per heavy atom. The molecule has 34 heavy (non-hydrogen) atoms. The van der Waals surface area contributed by atoms with Gasteiger partial charge in [0, 0.05) is 28.1 Å². The quantitative estimate of drug-likeness (QED) is 0.299. The van der Waals surface area contributed by atoms with E-state index in [-0.39, 0.29) is 18.2 Å². The van der Waals surface area contributed by atoms with E-state index in [1.807, 2.05) is 24.3 Å². The van der Waals surface area contributed by atoms with Gasteiger partial charge in [0.2, 0.25) is 0 Å². The Labute approximate surface area is 206 Å². The maximum atomic E-state index is 12.5. The third kappa shape index (κ3) is 6.93. The number of halogens is 2. The van der Waals surface area contributed by atoms with Crippen molar-refractivity contribution in [2.45, 2.75) is 44.9 Å². The molecule has 0 spiro atoms. The summed E-state index contributed by atoms with van der Waals surface area (Å²) in [7, 11) is 0. The lowest BCUT2D eigenvalue weighted by Crippen LogP contribution is -2.41. The number of amides is 1. The van der Waals surface area contributed by atoms with E-state index in [4.69, 9.17) is 27.9 Å². The standard InChI is InChI=1S/C23H24Cl2N4O5/c1-13(2)34-23(32)21(30)11-17(26-22(31)20-12-29(33)28-27-20)9-14-3-5-15(6-4-14)18-10-16(24)7-8-19(18)25/h3-8,10,12-13,17,21,30,33H,9,11H2,1-2H3,(H,26,31). The molecule has 3 aromatic rings. The smallest absolute Gasteiger partial charge is 0.335 e. The summed E-state index contributed by atoms with van der Waals surface area (Å²) in [5, 5.41) is 30.3. The molecule has 2 atom stereocenters. The average Bonchev–Trinajstić information content (AvgIpc) is 3.22. The second kappa shape index (κ2) is 11.3. The van der Waals surface area contributed by atoms with Crippen molar-refractivity contribution in [2.75, 3.05) is 0 Å². The molecule has 3 N–H and O–H groups in total. The zero-order valence-electron chi connectivity index (χ0n) is 18.5. The highest BCUT2D eigenvalue weighted by Gasteiger charge is 2.25. The molecule has 0 aliphatic rings. The lowest BCUT2D eigenvalue weighted by atomic mass is 9.97. The van der Waals surface area contributed by atoms with Crippen molar-refractivity contribution in [3.8, 4) is 11.1 Å². The summed E-state index contributed by atoms with van der Waals surface area (Å²) < 4.78 is 5.06. The van der Waals surface area contributed by atoms with Crippen molar-refractivity contribution < 1.29 is 24.6 Å². The van der Waals surface area contributed by atoms with Crippen LogP contribution in [-0.4, -0.2) is 55.6 Å². The first kappa shape index (κ1) is 25.5. The molecule has 2 aromatic carbocycles. The van der Waals surface area contributed by atoms with Gasteiger partial charge in [-0.3, -0.25) is 4.79 Å². The molecule has 0 aliphatic heterocycles. The Morgan fingerprint density at radius 1 is 1.15 bits per heavy atom. The summed E-state index contributed by atoms with van der Waals surface area (Å²) in [5.74, 6) is -1.39. The number of rotatable bonds is 9. The predicted octanol–water partition coefficient (Wildman–Crippen LogP) is 3.53. The van der Waals surface area contributed by atoms with Gasteiger partial charge in [-0.1, -0.05) is 52.3 Å². The third-order valence-corrected chi connectivity index (χ3v) is 5.42. The summed E-state index contributed by atoms with van der Waals surface area (Å²) >= 11 is 12.4. The van der Waals surface area contributed by atoms with Crippen LogP contribution < -0.4 is 5.32 Å². The van der Waals surface area contributed by atoms with E-state index >= 15 is 0 Å². The van der Waals surface area contributed by atoms with Crippen LogP contribution in [0, 0.1) is 0 Å². The van der Waals surface area contributed by atoms with Crippen LogP contribution in [0.15, 0.2) is 48.7 Å². The second-order valence-electron chi connectivity index (χ2n) is 7.96. The van der Waals surface area contributed by atoms with Crippen molar-refractivity contribution >= 4 is 35.1 Å². The predicted molar refractivity (Wildman–Crippen MR) is 126 cm³/mol. The Balaban J connectivity index is 1.77. The zero-order chi connectivity index (χ0) is 24.8.